The van der Waals surface area contributed by atoms with Crippen LogP contribution in [0, 0.1) is 5.92 Å². The van der Waals surface area contributed by atoms with E-state index in [9.17, 15) is 15.3 Å². The zero-order chi connectivity index (χ0) is 20.3. The van der Waals surface area contributed by atoms with Gasteiger partial charge in [-0.05, 0) is 102 Å². The van der Waals surface area contributed by atoms with Gasteiger partial charge < -0.3 is 25.8 Å². The molecule has 0 unspecified atom stereocenters. The molecule has 5 nitrogen and oxygen atoms in total. The number of hydrogen-bond donors (Lipinski definition) is 4. The fourth-order valence-electron chi connectivity index (χ4n) is 4.75. The van der Waals surface area contributed by atoms with Crippen molar-refractivity contribution in [3.05, 3.63) is 17.7 Å². The standard InChI is InChI=1S/C23H37NO4/c1-23(2,14-13-15-3-7-17(25)8-4-15)28-20-12-11-19(22(27)21(20)24)16-5-9-18(26)10-6-16/h11-12,15-18,25-27H,3-10,13-14,24H2,1-2H3. The van der Waals surface area contributed by atoms with Gasteiger partial charge in [0.25, 0.3) is 0 Å². The summed E-state index contributed by atoms with van der Waals surface area (Å²) in [6.45, 7) is 4.13. The Morgan fingerprint density at radius 3 is 2.14 bits per heavy atom. The molecular formula is C23H37NO4. The van der Waals surface area contributed by atoms with Gasteiger partial charge in [0.15, 0.2) is 0 Å². The number of anilines is 1. The van der Waals surface area contributed by atoms with Crippen LogP contribution in [-0.2, 0) is 0 Å². The van der Waals surface area contributed by atoms with Crippen LogP contribution in [0.4, 0.5) is 5.69 Å². The normalized spacial score (nSPS) is 28.9. The van der Waals surface area contributed by atoms with Crippen molar-refractivity contribution < 1.29 is 20.1 Å². The van der Waals surface area contributed by atoms with Crippen LogP contribution in [0.1, 0.15) is 89.5 Å². The fraction of sp³-hybridized carbons (Fsp3) is 0.739. The topological polar surface area (TPSA) is 95.9 Å². The van der Waals surface area contributed by atoms with Crippen LogP contribution in [0.5, 0.6) is 11.5 Å². The van der Waals surface area contributed by atoms with Crippen LogP contribution >= 0.6 is 0 Å². The zero-order valence-corrected chi connectivity index (χ0v) is 17.4. The smallest absolute Gasteiger partial charge is 0.146 e. The quantitative estimate of drug-likeness (QED) is 0.423. The summed E-state index contributed by atoms with van der Waals surface area (Å²) in [6, 6.07) is 3.82. The average Bonchev–Trinajstić information content (AvgIpc) is 2.66. The first-order chi connectivity index (χ1) is 13.2. The van der Waals surface area contributed by atoms with Gasteiger partial charge in [-0.15, -0.1) is 0 Å². The van der Waals surface area contributed by atoms with E-state index in [1.54, 1.807) is 0 Å². The molecule has 2 fully saturated rings. The van der Waals surface area contributed by atoms with Gasteiger partial charge in [-0.25, -0.2) is 0 Å². The van der Waals surface area contributed by atoms with Crippen LogP contribution in [0.2, 0.25) is 0 Å². The lowest BCUT2D eigenvalue weighted by Crippen LogP contribution is -2.30. The van der Waals surface area contributed by atoms with Gasteiger partial charge in [0.2, 0.25) is 0 Å². The van der Waals surface area contributed by atoms with Gasteiger partial charge in [0, 0.05) is 0 Å². The Balaban J connectivity index is 1.60. The highest BCUT2D eigenvalue weighted by molar-refractivity contribution is 5.66. The van der Waals surface area contributed by atoms with Gasteiger partial charge in [-0.3, -0.25) is 0 Å². The summed E-state index contributed by atoms with van der Waals surface area (Å²) >= 11 is 0. The fourth-order valence-corrected chi connectivity index (χ4v) is 4.75. The van der Waals surface area contributed by atoms with E-state index < -0.39 is 0 Å². The molecule has 158 valence electrons. The van der Waals surface area contributed by atoms with Crippen molar-refractivity contribution in [2.45, 2.75) is 102 Å². The zero-order valence-electron chi connectivity index (χ0n) is 17.4. The highest BCUT2D eigenvalue weighted by Crippen LogP contribution is 2.44. The van der Waals surface area contributed by atoms with E-state index in [0.29, 0.717) is 17.4 Å². The Bertz CT molecular complexity index is 644. The number of rotatable bonds is 6. The lowest BCUT2D eigenvalue weighted by molar-refractivity contribution is 0.0739. The maximum absolute atomic E-state index is 10.7. The molecule has 0 aromatic heterocycles. The number of nitrogens with two attached hydrogens (primary N) is 1. The molecule has 0 radical (unpaired) electrons. The maximum Gasteiger partial charge on any atom is 0.146 e. The highest BCUT2D eigenvalue weighted by atomic mass is 16.5. The first kappa shape index (κ1) is 21.3. The molecule has 0 heterocycles. The van der Waals surface area contributed by atoms with Crippen molar-refractivity contribution >= 4 is 5.69 Å². The maximum atomic E-state index is 10.7. The molecule has 1 aromatic carbocycles. The molecule has 2 aliphatic carbocycles. The largest absolute Gasteiger partial charge is 0.505 e. The molecule has 2 aliphatic rings. The molecule has 0 bridgehead atoms. The van der Waals surface area contributed by atoms with Crippen LogP contribution in [0.3, 0.4) is 0 Å². The monoisotopic (exact) mass is 391 g/mol. The second-order valence-corrected chi connectivity index (χ2v) is 9.50. The second kappa shape index (κ2) is 8.91. The predicted octanol–water partition coefficient (Wildman–Crippen LogP) is 4.48. The number of nitrogen functional groups attached to an aromatic ring is 1. The van der Waals surface area contributed by atoms with Crippen LogP contribution in [0.25, 0.3) is 0 Å². The third-order valence-electron chi connectivity index (χ3n) is 6.70. The number of hydrogen-bond acceptors (Lipinski definition) is 5. The van der Waals surface area contributed by atoms with Crippen molar-refractivity contribution in [3.63, 3.8) is 0 Å². The molecule has 0 spiro atoms. The molecule has 0 amide bonds. The summed E-state index contributed by atoms with van der Waals surface area (Å²) in [5, 5.41) is 30.0. The third-order valence-corrected chi connectivity index (χ3v) is 6.70. The Morgan fingerprint density at radius 1 is 0.964 bits per heavy atom. The van der Waals surface area contributed by atoms with E-state index in [1.165, 1.54) is 0 Å². The molecule has 0 aliphatic heterocycles. The lowest BCUT2D eigenvalue weighted by atomic mass is 9.82. The van der Waals surface area contributed by atoms with Crippen LogP contribution < -0.4 is 10.5 Å². The summed E-state index contributed by atoms with van der Waals surface area (Å²) in [4.78, 5) is 0. The molecule has 5 heteroatoms. The molecule has 0 atom stereocenters. The van der Waals surface area contributed by atoms with Gasteiger partial charge in [-0.1, -0.05) is 6.07 Å². The molecule has 1 aromatic rings. The summed E-state index contributed by atoms with van der Waals surface area (Å²) in [7, 11) is 0. The number of phenols is 1. The van der Waals surface area contributed by atoms with E-state index in [2.05, 4.69) is 13.8 Å². The molecular weight excluding hydrogens is 354 g/mol. The minimum atomic E-state index is -0.368. The van der Waals surface area contributed by atoms with E-state index in [4.69, 9.17) is 10.5 Å². The van der Waals surface area contributed by atoms with Crippen LogP contribution in [-0.4, -0.2) is 33.1 Å². The van der Waals surface area contributed by atoms with Gasteiger partial charge >= 0.3 is 0 Å². The van der Waals surface area contributed by atoms with Crippen molar-refractivity contribution in [3.8, 4) is 11.5 Å². The molecule has 5 N–H and O–H groups in total. The number of aliphatic hydroxyl groups is 2. The van der Waals surface area contributed by atoms with Crippen molar-refractivity contribution in [2.75, 3.05) is 5.73 Å². The Kier molecular flexibility index (Phi) is 6.77. The molecule has 2 saturated carbocycles. The number of phenolic OH excluding ortho intramolecular Hbond substituents is 1. The predicted molar refractivity (Wildman–Crippen MR) is 112 cm³/mol. The average molecular weight is 392 g/mol. The highest BCUT2D eigenvalue weighted by Gasteiger charge is 2.28. The van der Waals surface area contributed by atoms with Crippen molar-refractivity contribution in [2.24, 2.45) is 5.92 Å². The Morgan fingerprint density at radius 2 is 1.54 bits per heavy atom. The summed E-state index contributed by atoms with van der Waals surface area (Å²) < 4.78 is 6.21. The first-order valence-electron chi connectivity index (χ1n) is 10.9. The minimum Gasteiger partial charge on any atom is -0.505 e. The molecule has 3 rings (SSSR count). The summed E-state index contributed by atoms with van der Waals surface area (Å²) in [6.07, 6.45) is 8.94. The minimum absolute atomic E-state index is 0.116. The third kappa shape index (κ3) is 5.32. The lowest BCUT2D eigenvalue weighted by Gasteiger charge is -2.32. The van der Waals surface area contributed by atoms with E-state index in [-0.39, 0.29) is 29.5 Å². The summed E-state index contributed by atoms with van der Waals surface area (Å²) in [5.41, 5.74) is 7.05. The number of aromatic hydroxyl groups is 1. The molecule has 28 heavy (non-hydrogen) atoms. The first-order valence-corrected chi connectivity index (χ1v) is 10.9. The number of benzene rings is 1. The van der Waals surface area contributed by atoms with Crippen molar-refractivity contribution in [1.29, 1.82) is 0 Å². The Labute approximate surface area is 168 Å². The molecule has 0 saturated heterocycles. The summed E-state index contributed by atoms with van der Waals surface area (Å²) in [5.74, 6) is 1.58. The number of ether oxygens (including phenoxy) is 1. The van der Waals surface area contributed by atoms with Gasteiger partial charge in [0.1, 0.15) is 22.8 Å². The Hall–Kier alpha value is -1.46. The van der Waals surface area contributed by atoms with Crippen LogP contribution in [0.15, 0.2) is 12.1 Å². The van der Waals surface area contributed by atoms with Crippen molar-refractivity contribution in [1.82, 2.24) is 0 Å². The SMILES string of the molecule is CC(C)(CCC1CCC(O)CC1)Oc1ccc(C2CCC(O)CC2)c(O)c1N. The van der Waals surface area contributed by atoms with E-state index in [1.807, 2.05) is 12.1 Å². The van der Waals surface area contributed by atoms with Gasteiger partial charge in [-0.2, -0.15) is 0 Å². The van der Waals surface area contributed by atoms with Gasteiger partial charge in [0.05, 0.1) is 12.2 Å². The second-order valence-electron chi connectivity index (χ2n) is 9.50. The van der Waals surface area contributed by atoms with E-state index in [0.717, 1.165) is 69.8 Å². The number of aliphatic hydroxyl groups excluding tert-OH is 2. The van der Waals surface area contributed by atoms with E-state index >= 15 is 0 Å².